The molecule has 0 saturated heterocycles. The molecule has 3 aromatic heterocycles. The number of aromatic nitrogens is 3. The predicted octanol–water partition coefficient (Wildman–Crippen LogP) is 3.43. The van der Waals surface area contributed by atoms with E-state index in [0.717, 1.165) is 20.8 Å². The van der Waals surface area contributed by atoms with Crippen molar-refractivity contribution in [2.75, 3.05) is 0 Å². The standard InChI is InChI=1S/C14H13N3OS2/c1-7-4-5-15-10(6-7)17-13(18)11-8(2)9(3)20-12(11)16-14(17)19/h4-6H,1-3H3,(H,16,19). The van der Waals surface area contributed by atoms with Crippen molar-refractivity contribution in [2.24, 2.45) is 0 Å². The first-order valence-electron chi connectivity index (χ1n) is 6.17. The molecule has 0 unspecified atom stereocenters. The molecule has 0 aromatic carbocycles. The molecule has 0 bridgehead atoms. The van der Waals surface area contributed by atoms with Crippen LogP contribution in [0.25, 0.3) is 16.0 Å². The first kappa shape index (κ1) is 13.2. The van der Waals surface area contributed by atoms with Crippen LogP contribution in [0.1, 0.15) is 16.0 Å². The van der Waals surface area contributed by atoms with Gasteiger partial charge in [-0.15, -0.1) is 11.3 Å². The number of fused-ring (bicyclic) bond motifs is 1. The number of nitrogens with zero attached hydrogens (tertiary/aromatic N) is 2. The molecule has 0 aliphatic rings. The van der Waals surface area contributed by atoms with E-state index in [1.54, 1.807) is 17.5 Å². The number of hydrogen-bond donors (Lipinski definition) is 1. The Labute approximate surface area is 124 Å². The lowest BCUT2D eigenvalue weighted by Gasteiger charge is -2.06. The first-order valence-corrected chi connectivity index (χ1v) is 7.39. The fourth-order valence-corrected chi connectivity index (χ4v) is 3.57. The van der Waals surface area contributed by atoms with Crippen LogP contribution >= 0.6 is 23.6 Å². The van der Waals surface area contributed by atoms with Crippen LogP contribution in [-0.2, 0) is 0 Å². The number of H-pyrrole nitrogens is 1. The molecule has 0 spiro atoms. The van der Waals surface area contributed by atoms with Gasteiger partial charge in [-0.1, -0.05) is 0 Å². The molecule has 0 atom stereocenters. The topological polar surface area (TPSA) is 50.7 Å². The van der Waals surface area contributed by atoms with E-state index in [9.17, 15) is 4.79 Å². The molecule has 0 aliphatic carbocycles. The Morgan fingerprint density at radius 1 is 1.35 bits per heavy atom. The molecule has 102 valence electrons. The van der Waals surface area contributed by atoms with Crippen molar-refractivity contribution in [3.63, 3.8) is 0 Å². The van der Waals surface area contributed by atoms with Gasteiger partial charge in [0.25, 0.3) is 5.56 Å². The average molecular weight is 303 g/mol. The maximum absolute atomic E-state index is 12.7. The second-order valence-electron chi connectivity index (χ2n) is 4.75. The SMILES string of the molecule is Cc1ccnc(-n2c(=S)[nH]c3sc(C)c(C)c3c2=O)c1. The Kier molecular flexibility index (Phi) is 3.07. The zero-order chi connectivity index (χ0) is 14.4. The van der Waals surface area contributed by atoms with Crippen molar-refractivity contribution in [1.82, 2.24) is 14.5 Å². The highest BCUT2D eigenvalue weighted by molar-refractivity contribution is 7.71. The summed E-state index contributed by atoms with van der Waals surface area (Å²) in [5.41, 5.74) is 1.93. The fraction of sp³-hybridized carbons (Fsp3) is 0.214. The lowest BCUT2D eigenvalue weighted by atomic mass is 10.2. The summed E-state index contributed by atoms with van der Waals surface area (Å²) in [6.45, 7) is 5.92. The predicted molar refractivity (Wildman–Crippen MR) is 84.6 cm³/mol. The van der Waals surface area contributed by atoms with Crippen LogP contribution < -0.4 is 5.56 Å². The van der Waals surface area contributed by atoms with Crippen LogP contribution in [0.2, 0.25) is 0 Å². The molecule has 4 nitrogen and oxygen atoms in total. The summed E-state index contributed by atoms with van der Waals surface area (Å²) in [7, 11) is 0. The monoisotopic (exact) mass is 303 g/mol. The first-order chi connectivity index (χ1) is 9.49. The van der Waals surface area contributed by atoms with E-state index in [-0.39, 0.29) is 5.56 Å². The van der Waals surface area contributed by atoms with Gasteiger partial charge in [0.05, 0.1) is 5.39 Å². The van der Waals surface area contributed by atoms with Crippen molar-refractivity contribution >= 4 is 33.8 Å². The number of thiophene rings is 1. The third kappa shape index (κ3) is 1.92. The summed E-state index contributed by atoms with van der Waals surface area (Å²) in [5.74, 6) is 0.557. The van der Waals surface area contributed by atoms with E-state index in [2.05, 4.69) is 9.97 Å². The molecule has 1 N–H and O–H groups in total. The van der Waals surface area contributed by atoms with Gasteiger partial charge in [-0.25, -0.2) is 9.55 Å². The molecule has 0 radical (unpaired) electrons. The number of aromatic amines is 1. The molecule has 0 aliphatic heterocycles. The van der Waals surface area contributed by atoms with Crippen LogP contribution in [0.5, 0.6) is 0 Å². The smallest absolute Gasteiger partial charge is 0.269 e. The second-order valence-corrected chi connectivity index (χ2v) is 6.36. The highest BCUT2D eigenvalue weighted by Gasteiger charge is 2.14. The Morgan fingerprint density at radius 3 is 2.80 bits per heavy atom. The van der Waals surface area contributed by atoms with Gasteiger partial charge in [0.2, 0.25) is 0 Å². The molecule has 3 aromatic rings. The Morgan fingerprint density at radius 2 is 2.10 bits per heavy atom. The number of aryl methyl sites for hydroxylation is 3. The summed E-state index contributed by atoms with van der Waals surface area (Å²) in [5, 5.41) is 0.699. The summed E-state index contributed by atoms with van der Waals surface area (Å²) in [6, 6.07) is 3.74. The van der Waals surface area contributed by atoms with Gasteiger partial charge in [0.1, 0.15) is 10.6 Å². The summed E-state index contributed by atoms with van der Waals surface area (Å²) >= 11 is 6.88. The third-order valence-electron chi connectivity index (χ3n) is 3.36. The van der Waals surface area contributed by atoms with Crippen molar-refractivity contribution in [3.8, 4) is 5.82 Å². The van der Waals surface area contributed by atoms with Crippen molar-refractivity contribution < 1.29 is 0 Å². The minimum absolute atomic E-state index is 0.108. The van der Waals surface area contributed by atoms with Crippen molar-refractivity contribution in [2.45, 2.75) is 20.8 Å². The van der Waals surface area contributed by atoms with E-state index in [0.29, 0.717) is 16.0 Å². The van der Waals surface area contributed by atoms with Gasteiger partial charge < -0.3 is 4.98 Å². The van der Waals surface area contributed by atoms with Gasteiger partial charge in [-0.3, -0.25) is 4.79 Å². The average Bonchev–Trinajstić information content (AvgIpc) is 2.65. The Bertz CT molecular complexity index is 934. The van der Waals surface area contributed by atoms with Crippen LogP contribution in [-0.4, -0.2) is 14.5 Å². The van der Waals surface area contributed by atoms with E-state index in [1.807, 2.05) is 32.9 Å². The number of nitrogens with one attached hydrogen (secondary N) is 1. The van der Waals surface area contributed by atoms with Gasteiger partial charge in [-0.2, -0.15) is 0 Å². The second kappa shape index (κ2) is 4.64. The quantitative estimate of drug-likeness (QED) is 0.701. The van der Waals surface area contributed by atoms with Gasteiger partial charge in [-0.05, 0) is 56.2 Å². The maximum atomic E-state index is 12.7. The highest BCUT2D eigenvalue weighted by Crippen LogP contribution is 2.26. The number of hydrogen-bond acceptors (Lipinski definition) is 4. The Balaban J connectivity index is 2.46. The van der Waals surface area contributed by atoms with Gasteiger partial charge in [0.15, 0.2) is 4.77 Å². The maximum Gasteiger partial charge on any atom is 0.269 e. The molecule has 0 saturated carbocycles. The lowest BCUT2D eigenvalue weighted by molar-refractivity contribution is 0.900. The van der Waals surface area contributed by atoms with Crippen LogP contribution in [0.15, 0.2) is 23.1 Å². The lowest BCUT2D eigenvalue weighted by Crippen LogP contribution is -2.21. The number of rotatable bonds is 1. The fourth-order valence-electron chi connectivity index (χ4n) is 2.18. The minimum atomic E-state index is -0.108. The molecule has 6 heteroatoms. The normalized spacial score (nSPS) is 11.2. The third-order valence-corrected chi connectivity index (χ3v) is 4.76. The number of pyridine rings is 1. The zero-order valence-electron chi connectivity index (χ0n) is 11.4. The molecular weight excluding hydrogens is 290 g/mol. The van der Waals surface area contributed by atoms with Crippen molar-refractivity contribution in [1.29, 1.82) is 0 Å². The molecule has 3 rings (SSSR count). The highest BCUT2D eigenvalue weighted by atomic mass is 32.1. The van der Waals surface area contributed by atoms with Crippen LogP contribution in [0, 0.1) is 25.5 Å². The van der Waals surface area contributed by atoms with Gasteiger partial charge in [0, 0.05) is 11.1 Å². The molecule has 3 heterocycles. The minimum Gasteiger partial charge on any atom is -0.323 e. The molecular formula is C14H13N3OS2. The van der Waals surface area contributed by atoms with Gasteiger partial charge >= 0.3 is 0 Å². The van der Waals surface area contributed by atoms with E-state index in [1.165, 1.54) is 4.57 Å². The molecule has 20 heavy (non-hydrogen) atoms. The van der Waals surface area contributed by atoms with E-state index in [4.69, 9.17) is 12.2 Å². The largest absolute Gasteiger partial charge is 0.323 e. The molecule has 0 amide bonds. The van der Waals surface area contributed by atoms with Crippen LogP contribution in [0.4, 0.5) is 0 Å². The summed E-state index contributed by atoms with van der Waals surface area (Å²) in [6.07, 6.45) is 1.68. The van der Waals surface area contributed by atoms with Crippen LogP contribution in [0.3, 0.4) is 0 Å². The van der Waals surface area contributed by atoms with Crippen molar-refractivity contribution in [3.05, 3.63) is 49.5 Å². The van der Waals surface area contributed by atoms with E-state index < -0.39 is 0 Å². The summed E-state index contributed by atoms with van der Waals surface area (Å²) in [4.78, 5) is 22.1. The molecule has 0 fully saturated rings. The van der Waals surface area contributed by atoms with E-state index >= 15 is 0 Å². The zero-order valence-corrected chi connectivity index (χ0v) is 13.0. The summed E-state index contributed by atoms with van der Waals surface area (Å²) < 4.78 is 1.84. The Hall–Kier alpha value is -1.79.